The van der Waals surface area contributed by atoms with Crippen LogP contribution in [0.15, 0.2) is 18.2 Å². The van der Waals surface area contributed by atoms with Gasteiger partial charge < -0.3 is 20.1 Å². The molecule has 4 rings (SSSR count). The number of hydrogen-bond acceptors (Lipinski definition) is 6. The van der Waals surface area contributed by atoms with E-state index in [4.69, 9.17) is 16.3 Å². The Morgan fingerprint density at radius 3 is 2.73 bits per heavy atom. The largest absolute Gasteiger partial charge is 0.466 e. The summed E-state index contributed by atoms with van der Waals surface area (Å²) in [5.74, 6) is -2.25. The fraction of sp³-hybridized carbons (Fsp3) is 0.625. The van der Waals surface area contributed by atoms with Crippen LogP contribution in [0.25, 0.3) is 0 Å². The van der Waals surface area contributed by atoms with E-state index in [0.29, 0.717) is 17.1 Å². The van der Waals surface area contributed by atoms with Gasteiger partial charge in [-0.15, -0.1) is 11.8 Å². The molecule has 2 bridgehead atoms. The summed E-state index contributed by atoms with van der Waals surface area (Å²) in [7, 11) is 0. The van der Waals surface area contributed by atoms with Crippen LogP contribution < -0.4 is 5.32 Å². The molecule has 3 heterocycles. The highest BCUT2D eigenvalue weighted by molar-refractivity contribution is 8.02. The van der Waals surface area contributed by atoms with Crippen molar-refractivity contribution >= 4 is 46.8 Å². The quantitative estimate of drug-likeness (QED) is 0.565. The van der Waals surface area contributed by atoms with Crippen LogP contribution >= 0.6 is 23.4 Å². The molecule has 0 radical (unpaired) electrons. The summed E-state index contributed by atoms with van der Waals surface area (Å²) >= 11 is 7.95. The van der Waals surface area contributed by atoms with Gasteiger partial charge >= 0.3 is 5.97 Å². The minimum absolute atomic E-state index is 0.0517. The number of para-hydroxylation sites is 1. The number of halogens is 1. The van der Waals surface area contributed by atoms with Crippen LogP contribution in [0.1, 0.15) is 39.2 Å². The van der Waals surface area contributed by atoms with Crippen LogP contribution in [0.2, 0.25) is 5.02 Å². The summed E-state index contributed by atoms with van der Waals surface area (Å²) in [5.41, 5.74) is 1.33. The summed E-state index contributed by atoms with van der Waals surface area (Å²) in [6.45, 7) is 7.42. The summed E-state index contributed by atoms with van der Waals surface area (Å²) in [5, 5.41) is 13.5. The fourth-order valence-electron chi connectivity index (χ4n) is 5.86. The molecule has 3 fully saturated rings. The molecule has 180 valence electrons. The van der Waals surface area contributed by atoms with Gasteiger partial charge in [-0.05, 0) is 44.2 Å². The third kappa shape index (κ3) is 3.74. The Hall–Kier alpha value is -1.77. The number of likely N-dealkylation sites (tertiary alicyclic amines) is 1. The molecule has 0 aliphatic carbocycles. The van der Waals surface area contributed by atoms with Gasteiger partial charge in [-0.3, -0.25) is 14.4 Å². The number of carbonyl (C=O) groups excluding carboxylic acids is 3. The first-order valence-corrected chi connectivity index (χ1v) is 12.8. The lowest BCUT2D eigenvalue weighted by atomic mass is 9.71. The zero-order valence-electron chi connectivity index (χ0n) is 19.3. The molecule has 2 unspecified atom stereocenters. The number of nitrogens with zero attached hydrogens (tertiary/aromatic N) is 1. The first kappa shape index (κ1) is 24.4. The van der Waals surface area contributed by atoms with E-state index in [2.05, 4.69) is 5.32 Å². The maximum atomic E-state index is 13.9. The van der Waals surface area contributed by atoms with Crippen LogP contribution in [0.3, 0.4) is 0 Å². The SMILES string of the molecule is CCOC(=O)[C@@H]1[C@H]2C(=O)N([C@@H](CO)C(C)C)C(C(=O)Nc3c(C)cccc3Cl)C23CC[C@H]1S3. The van der Waals surface area contributed by atoms with Crippen molar-refractivity contribution < 1.29 is 24.2 Å². The molecule has 3 saturated heterocycles. The second-order valence-electron chi connectivity index (χ2n) is 9.47. The number of hydrogen-bond donors (Lipinski definition) is 2. The third-order valence-corrected chi connectivity index (χ3v) is 9.60. The highest BCUT2D eigenvalue weighted by Gasteiger charge is 2.74. The monoisotopic (exact) mass is 494 g/mol. The van der Waals surface area contributed by atoms with E-state index in [9.17, 15) is 19.5 Å². The second kappa shape index (κ2) is 9.12. The summed E-state index contributed by atoms with van der Waals surface area (Å²) < 4.78 is 4.60. The Kier molecular flexibility index (Phi) is 6.73. The van der Waals surface area contributed by atoms with E-state index in [0.717, 1.165) is 12.0 Å². The van der Waals surface area contributed by atoms with E-state index in [1.54, 1.807) is 29.7 Å². The van der Waals surface area contributed by atoms with Gasteiger partial charge in [0.1, 0.15) is 6.04 Å². The molecule has 1 spiro atoms. The molecule has 2 amide bonds. The Morgan fingerprint density at radius 2 is 2.12 bits per heavy atom. The van der Waals surface area contributed by atoms with Crippen LogP contribution in [-0.2, 0) is 19.1 Å². The second-order valence-corrected chi connectivity index (χ2v) is 11.5. The number of ether oxygens (including phenoxy) is 1. The first-order valence-electron chi connectivity index (χ1n) is 11.5. The normalized spacial score (nSPS) is 31.1. The number of carbonyl (C=O) groups is 3. The number of benzene rings is 1. The Labute approximate surface area is 203 Å². The van der Waals surface area contributed by atoms with E-state index >= 15 is 0 Å². The molecule has 3 aliphatic rings. The number of aliphatic hydroxyl groups excluding tert-OH is 1. The maximum absolute atomic E-state index is 13.9. The minimum atomic E-state index is -0.820. The van der Waals surface area contributed by atoms with Crippen molar-refractivity contribution in [3.63, 3.8) is 0 Å². The van der Waals surface area contributed by atoms with Gasteiger partial charge in [-0.1, -0.05) is 37.6 Å². The van der Waals surface area contributed by atoms with Gasteiger partial charge in [0.2, 0.25) is 11.8 Å². The Bertz CT molecular complexity index is 952. The summed E-state index contributed by atoms with van der Waals surface area (Å²) in [4.78, 5) is 42.2. The zero-order valence-corrected chi connectivity index (χ0v) is 20.9. The van der Waals surface area contributed by atoms with Crippen molar-refractivity contribution in [3.8, 4) is 0 Å². The molecule has 1 aromatic carbocycles. The molecule has 2 N–H and O–H groups in total. The molecule has 0 aromatic heterocycles. The minimum Gasteiger partial charge on any atom is -0.466 e. The number of aryl methyl sites for hydroxylation is 1. The van der Waals surface area contributed by atoms with Crippen LogP contribution in [0.4, 0.5) is 5.69 Å². The number of amides is 2. The fourth-order valence-corrected chi connectivity index (χ4v) is 8.32. The number of esters is 1. The highest BCUT2D eigenvalue weighted by atomic mass is 35.5. The summed E-state index contributed by atoms with van der Waals surface area (Å²) in [6.07, 6.45) is 1.40. The van der Waals surface area contributed by atoms with Gasteiger partial charge in [0.15, 0.2) is 0 Å². The molecular weight excluding hydrogens is 464 g/mol. The molecule has 7 nitrogen and oxygen atoms in total. The van der Waals surface area contributed by atoms with E-state index in [-0.39, 0.29) is 42.2 Å². The van der Waals surface area contributed by atoms with Crippen molar-refractivity contribution in [2.75, 3.05) is 18.5 Å². The third-order valence-electron chi connectivity index (χ3n) is 7.33. The molecule has 0 saturated carbocycles. The van der Waals surface area contributed by atoms with Gasteiger partial charge in [0.25, 0.3) is 0 Å². The highest BCUT2D eigenvalue weighted by Crippen LogP contribution is 2.67. The van der Waals surface area contributed by atoms with Crippen molar-refractivity contribution in [1.29, 1.82) is 0 Å². The molecule has 3 aliphatic heterocycles. The average Bonchev–Trinajstić information content (AvgIpc) is 3.39. The van der Waals surface area contributed by atoms with Crippen LogP contribution in [-0.4, -0.2) is 63.1 Å². The molecule has 9 heteroatoms. The van der Waals surface area contributed by atoms with E-state index in [1.807, 2.05) is 32.9 Å². The topological polar surface area (TPSA) is 95.9 Å². The molecular formula is C24H31ClN2O5S. The van der Waals surface area contributed by atoms with Gasteiger partial charge in [-0.2, -0.15) is 0 Å². The number of thioether (sulfide) groups is 1. The molecule has 33 heavy (non-hydrogen) atoms. The lowest BCUT2D eigenvalue weighted by Gasteiger charge is -2.38. The van der Waals surface area contributed by atoms with E-state index in [1.165, 1.54) is 0 Å². The standard InChI is InChI=1S/C24H31ClN2O5S/c1-5-32-23(31)17-16-9-10-24(33-16)18(17)22(30)27(15(11-28)12(2)3)20(24)21(29)26-19-13(4)7-6-8-14(19)25/h6-8,12,15-18,20,28H,5,9-11H2,1-4H3,(H,26,29)/t15-,16+,17-,18-,20?,24?/m0/s1. The predicted molar refractivity (Wildman–Crippen MR) is 128 cm³/mol. The lowest BCUT2D eigenvalue weighted by Crippen LogP contribution is -2.56. The predicted octanol–water partition coefficient (Wildman–Crippen LogP) is 3.26. The van der Waals surface area contributed by atoms with Gasteiger partial charge in [-0.25, -0.2) is 0 Å². The van der Waals surface area contributed by atoms with Crippen LogP contribution in [0, 0.1) is 24.7 Å². The number of rotatable bonds is 7. The van der Waals surface area contributed by atoms with Crippen molar-refractivity contribution in [2.45, 2.75) is 62.6 Å². The molecule has 6 atom stereocenters. The van der Waals surface area contributed by atoms with Gasteiger partial charge in [0.05, 0.1) is 46.5 Å². The summed E-state index contributed by atoms with van der Waals surface area (Å²) in [6, 6.07) is 4.02. The number of anilines is 1. The van der Waals surface area contributed by atoms with Crippen molar-refractivity contribution in [1.82, 2.24) is 4.90 Å². The lowest BCUT2D eigenvalue weighted by molar-refractivity contribution is -0.154. The van der Waals surface area contributed by atoms with Crippen molar-refractivity contribution in [2.24, 2.45) is 17.8 Å². The Balaban J connectivity index is 1.78. The zero-order chi connectivity index (χ0) is 24.1. The average molecular weight is 495 g/mol. The number of aliphatic hydroxyl groups is 1. The van der Waals surface area contributed by atoms with E-state index < -0.39 is 28.7 Å². The van der Waals surface area contributed by atoms with Gasteiger partial charge in [0, 0.05) is 5.25 Å². The number of nitrogens with one attached hydrogen (secondary N) is 1. The Morgan fingerprint density at radius 1 is 1.39 bits per heavy atom. The first-order chi connectivity index (χ1) is 15.7. The maximum Gasteiger partial charge on any atom is 0.310 e. The number of fused-ring (bicyclic) bond motifs is 1. The van der Waals surface area contributed by atoms with Crippen LogP contribution in [0.5, 0.6) is 0 Å². The van der Waals surface area contributed by atoms with Crippen molar-refractivity contribution in [3.05, 3.63) is 28.8 Å². The smallest absolute Gasteiger partial charge is 0.310 e. The molecule has 1 aromatic rings.